The molecule has 0 saturated carbocycles. The molecule has 17 heavy (non-hydrogen) atoms. The Morgan fingerprint density at radius 2 is 2.06 bits per heavy atom. The van der Waals surface area contributed by atoms with Crippen LogP contribution in [-0.2, 0) is 6.42 Å². The molecule has 0 aromatic carbocycles. The summed E-state index contributed by atoms with van der Waals surface area (Å²) in [5.41, 5.74) is 7.27. The first-order valence-electron chi connectivity index (χ1n) is 6.30. The summed E-state index contributed by atoms with van der Waals surface area (Å²) in [6, 6.07) is 6.19. The Kier molecular flexibility index (Phi) is 4.48. The number of hydrogen-bond acceptors (Lipinski definition) is 4. The average Bonchev–Trinajstić information content (AvgIpc) is 2.33. The fourth-order valence-electron chi connectivity index (χ4n) is 2.21. The van der Waals surface area contributed by atoms with E-state index in [-0.39, 0.29) is 6.04 Å². The van der Waals surface area contributed by atoms with Crippen LogP contribution in [0.2, 0.25) is 0 Å². The monoisotopic (exact) mass is 234 g/mol. The molecule has 1 atom stereocenters. The summed E-state index contributed by atoms with van der Waals surface area (Å²) < 4.78 is 0. The van der Waals surface area contributed by atoms with Crippen molar-refractivity contribution in [3.63, 3.8) is 0 Å². The second-order valence-electron chi connectivity index (χ2n) is 4.89. The first-order valence-corrected chi connectivity index (χ1v) is 6.30. The van der Waals surface area contributed by atoms with Gasteiger partial charge in [0.1, 0.15) is 0 Å². The number of hydrogen-bond donors (Lipinski definition) is 1. The van der Waals surface area contributed by atoms with Crippen molar-refractivity contribution < 1.29 is 0 Å². The van der Waals surface area contributed by atoms with Crippen LogP contribution in [0.4, 0.5) is 0 Å². The molecule has 1 unspecified atom stereocenters. The van der Waals surface area contributed by atoms with Crippen LogP contribution in [0.15, 0.2) is 24.4 Å². The van der Waals surface area contributed by atoms with Gasteiger partial charge >= 0.3 is 0 Å². The Hall–Kier alpha value is -0.970. The molecule has 94 valence electrons. The molecule has 0 spiro atoms. The minimum Gasteiger partial charge on any atom is -0.326 e. The Bertz CT molecular complexity index is 319. The molecule has 2 rings (SSSR count). The van der Waals surface area contributed by atoms with E-state index in [1.165, 1.54) is 0 Å². The summed E-state index contributed by atoms with van der Waals surface area (Å²) in [5, 5.41) is 0. The summed E-state index contributed by atoms with van der Waals surface area (Å²) in [6.45, 7) is 5.54. The van der Waals surface area contributed by atoms with Crippen LogP contribution < -0.4 is 5.73 Å². The molecule has 1 fully saturated rings. The van der Waals surface area contributed by atoms with Crippen molar-refractivity contribution in [3.05, 3.63) is 30.1 Å². The van der Waals surface area contributed by atoms with Crippen LogP contribution in [0.5, 0.6) is 0 Å². The third kappa shape index (κ3) is 4.07. The molecule has 1 aromatic heterocycles. The van der Waals surface area contributed by atoms with Gasteiger partial charge in [-0.1, -0.05) is 6.07 Å². The lowest BCUT2D eigenvalue weighted by Gasteiger charge is -2.33. The molecule has 0 radical (unpaired) electrons. The average molecular weight is 234 g/mol. The Morgan fingerprint density at radius 3 is 2.71 bits per heavy atom. The van der Waals surface area contributed by atoms with Crippen molar-refractivity contribution in [1.29, 1.82) is 0 Å². The second-order valence-corrected chi connectivity index (χ2v) is 4.89. The van der Waals surface area contributed by atoms with Gasteiger partial charge < -0.3 is 10.6 Å². The number of nitrogens with two attached hydrogens (primary N) is 1. The van der Waals surface area contributed by atoms with Gasteiger partial charge in [0.05, 0.1) is 0 Å². The zero-order valence-electron chi connectivity index (χ0n) is 10.5. The highest BCUT2D eigenvalue weighted by Crippen LogP contribution is 2.03. The van der Waals surface area contributed by atoms with E-state index in [9.17, 15) is 0 Å². The van der Waals surface area contributed by atoms with E-state index in [4.69, 9.17) is 5.73 Å². The summed E-state index contributed by atoms with van der Waals surface area (Å²) in [6.07, 6.45) is 2.70. The van der Waals surface area contributed by atoms with Crippen molar-refractivity contribution in [2.45, 2.75) is 12.5 Å². The van der Waals surface area contributed by atoms with Crippen molar-refractivity contribution >= 4 is 0 Å². The van der Waals surface area contributed by atoms with Gasteiger partial charge in [-0.2, -0.15) is 0 Å². The molecule has 0 bridgehead atoms. The summed E-state index contributed by atoms with van der Waals surface area (Å²) in [5.74, 6) is 0. The number of aromatic nitrogens is 1. The number of likely N-dealkylation sites (N-methyl/N-ethyl adjacent to an activating group) is 1. The molecule has 1 aliphatic rings. The molecule has 4 heteroatoms. The lowest BCUT2D eigenvalue weighted by Crippen LogP contribution is -2.49. The third-order valence-corrected chi connectivity index (χ3v) is 3.29. The van der Waals surface area contributed by atoms with E-state index in [0.717, 1.165) is 44.8 Å². The number of rotatable bonds is 4. The van der Waals surface area contributed by atoms with Crippen LogP contribution in [0.25, 0.3) is 0 Å². The molecule has 0 amide bonds. The van der Waals surface area contributed by atoms with Crippen molar-refractivity contribution in [2.75, 3.05) is 39.8 Å². The predicted octanol–water partition coefficient (Wildman–Crippen LogP) is 0.199. The molecular formula is C13H22N4. The lowest BCUT2D eigenvalue weighted by atomic mass is 10.1. The fraction of sp³-hybridized carbons (Fsp3) is 0.615. The zero-order chi connectivity index (χ0) is 12.1. The SMILES string of the molecule is CN1CCN(CC(N)Cc2ccccn2)CC1. The fourth-order valence-corrected chi connectivity index (χ4v) is 2.21. The van der Waals surface area contributed by atoms with Crippen molar-refractivity contribution in [3.8, 4) is 0 Å². The van der Waals surface area contributed by atoms with E-state index < -0.39 is 0 Å². The quantitative estimate of drug-likeness (QED) is 0.808. The molecular weight excluding hydrogens is 212 g/mol. The predicted molar refractivity (Wildman–Crippen MR) is 69.9 cm³/mol. The highest BCUT2D eigenvalue weighted by atomic mass is 15.2. The first kappa shape index (κ1) is 12.5. The Balaban J connectivity index is 1.76. The van der Waals surface area contributed by atoms with Crippen LogP contribution >= 0.6 is 0 Å². The number of piperazine rings is 1. The number of nitrogens with zero attached hydrogens (tertiary/aromatic N) is 3. The molecule has 2 heterocycles. The van der Waals surface area contributed by atoms with Gasteiger partial charge in [-0.25, -0.2) is 0 Å². The van der Waals surface area contributed by atoms with Crippen molar-refractivity contribution in [2.24, 2.45) is 5.73 Å². The summed E-state index contributed by atoms with van der Waals surface area (Å²) in [4.78, 5) is 9.13. The molecule has 1 saturated heterocycles. The molecule has 1 aliphatic heterocycles. The second kappa shape index (κ2) is 6.10. The molecule has 4 nitrogen and oxygen atoms in total. The maximum atomic E-state index is 6.18. The summed E-state index contributed by atoms with van der Waals surface area (Å²) >= 11 is 0. The minimum absolute atomic E-state index is 0.188. The number of pyridine rings is 1. The van der Waals surface area contributed by atoms with E-state index in [1.54, 1.807) is 0 Å². The molecule has 2 N–H and O–H groups in total. The molecule has 0 aliphatic carbocycles. The highest BCUT2D eigenvalue weighted by Gasteiger charge is 2.16. The van der Waals surface area contributed by atoms with Crippen LogP contribution in [-0.4, -0.2) is 60.6 Å². The molecule has 1 aromatic rings. The largest absolute Gasteiger partial charge is 0.326 e. The van der Waals surface area contributed by atoms with Crippen LogP contribution in [0.3, 0.4) is 0 Å². The first-order chi connectivity index (χ1) is 8.24. The zero-order valence-corrected chi connectivity index (χ0v) is 10.5. The van der Waals surface area contributed by atoms with Gasteiger partial charge in [-0.3, -0.25) is 9.88 Å². The van der Waals surface area contributed by atoms with Gasteiger partial charge in [0.15, 0.2) is 0 Å². The minimum atomic E-state index is 0.188. The van der Waals surface area contributed by atoms with Crippen LogP contribution in [0.1, 0.15) is 5.69 Å². The van der Waals surface area contributed by atoms with Crippen molar-refractivity contribution in [1.82, 2.24) is 14.8 Å². The van der Waals surface area contributed by atoms with E-state index in [0.29, 0.717) is 0 Å². The van der Waals surface area contributed by atoms with E-state index >= 15 is 0 Å². The van der Waals surface area contributed by atoms with Gasteiger partial charge in [0, 0.05) is 57.1 Å². The highest BCUT2D eigenvalue weighted by molar-refractivity contribution is 5.05. The maximum absolute atomic E-state index is 6.18. The standard InChI is InChI=1S/C13H22N4/c1-16-6-8-17(9-7-16)11-12(14)10-13-4-2-3-5-15-13/h2-5,12H,6-11,14H2,1H3. The van der Waals surface area contributed by atoms with E-state index in [2.05, 4.69) is 21.8 Å². The van der Waals surface area contributed by atoms with Gasteiger partial charge in [0.25, 0.3) is 0 Å². The Morgan fingerprint density at radius 1 is 1.29 bits per heavy atom. The van der Waals surface area contributed by atoms with E-state index in [1.807, 2.05) is 24.4 Å². The third-order valence-electron chi connectivity index (χ3n) is 3.29. The lowest BCUT2D eigenvalue weighted by molar-refractivity contribution is 0.147. The van der Waals surface area contributed by atoms with Crippen LogP contribution in [0, 0.1) is 0 Å². The van der Waals surface area contributed by atoms with Gasteiger partial charge in [-0.05, 0) is 19.2 Å². The van der Waals surface area contributed by atoms with Gasteiger partial charge in [-0.15, -0.1) is 0 Å². The van der Waals surface area contributed by atoms with Gasteiger partial charge in [0.2, 0.25) is 0 Å². The Labute approximate surface area is 103 Å². The topological polar surface area (TPSA) is 45.4 Å². The maximum Gasteiger partial charge on any atom is 0.0419 e. The smallest absolute Gasteiger partial charge is 0.0419 e. The summed E-state index contributed by atoms with van der Waals surface area (Å²) in [7, 11) is 2.17. The normalized spacial score (nSPS) is 20.4.